The van der Waals surface area contributed by atoms with E-state index < -0.39 is 35.4 Å². The number of benzene rings is 3. The minimum atomic E-state index is -1.42. The average Bonchev–Trinajstić information content (AvgIpc) is 2.94. The molecule has 1 aromatic heterocycles. The molecule has 0 saturated carbocycles. The Balaban J connectivity index is 1.58. The minimum absolute atomic E-state index is 0.0197. The Bertz CT molecular complexity index is 1720. The molecule has 0 aliphatic heterocycles. The fourth-order valence-corrected chi connectivity index (χ4v) is 4.69. The number of carbonyl (C=O) groups is 3. The molecule has 9 nitrogen and oxygen atoms in total. The van der Waals surface area contributed by atoms with E-state index in [4.69, 9.17) is 9.47 Å². The molecular formula is C37H43N3O6. The molecule has 0 aliphatic rings. The van der Waals surface area contributed by atoms with Crippen LogP contribution in [0.25, 0.3) is 21.9 Å². The highest BCUT2D eigenvalue weighted by Crippen LogP contribution is 2.31. The summed E-state index contributed by atoms with van der Waals surface area (Å²) in [5.41, 5.74) is 2.21. The maximum Gasteiger partial charge on any atom is 0.425 e. The molecule has 0 bridgehead atoms. The second-order valence-corrected chi connectivity index (χ2v) is 14.2. The van der Waals surface area contributed by atoms with Gasteiger partial charge in [0.25, 0.3) is 5.91 Å². The molecule has 0 fully saturated rings. The van der Waals surface area contributed by atoms with Gasteiger partial charge in [-0.2, -0.15) is 4.90 Å². The second-order valence-electron chi connectivity index (χ2n) is 14.2. The number of nitrogens with one attached hydrogen (secondary N) is 1. The number of aliphatic hydroxyl groups excluding tert-OH is 1. The number of nitrogens with zero attached hydrogens (tertiary/aromatic N) is 2. The van der Waals surface area contributed by atoms with E-state index in [1.54, 1.807) is 77.9 Å². The summed E-state index contributed by atoms with van der Waals surface area (Å²) in [5, 5.41) is 14.8. The molecule has 9 heteroatoms. The molecule has 3 aromatic carbocycles. The van der Waals surface area contributed by atoms with Crippen LogP contribution in [0.4, 0.5) is 21.1 Å². The largest absolute Gasteiger partial charge is 0.443 e. The van der Waals surface area contributed by atoms with Crippen molar-refractivity contribution in [2.75, 3.05) is 10.2 Å². The predicted molar refractivity (Wildman–Crippen MR) is 181 cm³/mol. The topological polar surface area (TPSA) is 118 Å². The molecule has 2 N–H and O–H groups in total. The number of carbonyl (C=O) groups excluding carboxylic acids is 3. The number of anilines is 2. The van der Waals surface area contributed by atoms with Crippen molar-refractivity contribution in [1.29, 1.82) is 0 Å². The number of hydrogen-bond donors (Lipinski definition) is 2. The van der Waals surface area contributed by atoms with Gasteiger partial charge in [0.1, 0.15) is 11.2 Å². The van der Waals surface area contributed by atoms with Gasteiger partial charge in [-0.3, -0.25) is 4.79 Å². The summed E-state index contributed by atoms with van der Waals surface area (Å²) in [7, 11) is 0. The lowest BCUT2D eigenvalue weighted by Crippen LogP contribution is -2.44. The lowest BCUT2D eigenvalue weighted by Gasteiger charge is -2.28. The first-order chi connectivity index (χ1) is 21.3. The van der Waals surface area contributed by atoms with E-state index in [-0.39, 0.29) is 11.2 Å². The Kier molecular flexibility index (Phi) is 9.59. The van der Waals surface area contributed by atoms with Gasteiger partial charge in [0.15, 0.2) is 11.9 Å². The lowest BCUT2D eigenvalue weighted by atomic mass is 9.86. The van der Waals surface area contributed by atoms with Crippen LogP contribution in [0.5, 0.6) is 0 Å². The summed E-state index contributed by atoms with van der Waals surface area (Å²) in [6, 6.07) is 22.1. The number of imide groups is 1. The van der Waals surface area contributed by atoms with Crippen molar-refractivity contribution in [1.82, 2.24) is 4.98 Å². The third kappa shape index (κ3) is 8.48. The normalized spacial score (nSPS) is 12.7. The zero-order chi connectivity index (χ0) is 34.0. The first-order valence-electron chi connectivity index (χ1n) is 15.2. The molecule has 0 radical (unpaired) electrons. The quantitative estimate of drug-likeness (QED) is 0.228. The molecule has 4 rings (SSSR count). The Morgan fingerprint density at radius 2 is 1.37 bits per heavy atom. The molecule has 1 atom stereocenters. The number of rotatable bonds is 5. The summed E-state index contributed by atoms with van der Waals surface area (Å²) in [6.07, 6.45) is -1.85. The highest BCUT2D eigenvalue weighted by atomic mass is 16.6. The Morgan fingerprint density at radius 1 is 0.761 bits per heavy atom. The van der Waals surface area contributed by atoms with E-state index >= 15 is 0 Å². The van der Waals surface area contributed by atoms with Gasteiger partial charge in [-0.1, -0.05) is 63.2 Å². The Morgan fingerprint density at radius 3 is 1.93 bits per heavy atom. The van der Waals surface area contributed by atoms with E-state index in [9.17, 15) is 19.5 Å². The van der Waals surface area contributed by atoms with Crippen LogP contribution in [0.3, 0.4) is 0 Å². The van der Waals surface area contributed by atoms with Crippen LogP contribution in [0.15, 0.2) is 79.0 Å². The second kappa shape index (κ2) is 12.9. The van der Waals surface area contributed by atoms with Gasteiger partial charge in [-0.25, -0.2) is 14.6 Å². The van der Waals surface area contributed by atoms with Crippen molar-refractivity contribution in [3.05, 3.63) is 90.1 Å². The van der Waals surface area contributed by atoms with Crippen molar-refractivity contribution in [2.24, 2.45) is 0 Å². The van der Waals surface area contributed by atoms with Crippen molar-refractivity contribution < 1.29 is 29.0 Å². The van der Waals surface area contributed by atoms with Crippen LogP contribution in [0, 0.1) is 0 Å². The van der Waals surface area contributed by atoms with Crippen LogP contribution in [0.2, 0.25) is 0 Å². The van der Waals surface area contributed by atoms with Gasteiger partial charge in [-0.15, -0.1) is 0 Å². The monoisotopic (exact) mass is 625 g/mol. The van der Waals surface area contributed by atoms with Gasteiger partial charge >= 0.3 is 12.2 Å². The molecule has 0 spiro atoms. The first kappa shape index (κ1) is 34.1. The van der Waals surface area contributed by atoms with E-state index in [1.165, 1.54) is 11.8 Å². The van der Waals surface area contributed by atoms with Crippen LogP contribution >= 0.6 is 0 Å². The number of aromatic nitrogens is 1. The molecule has 242 valence electrons. The fraction of sp³-hybridized carbons (Fsp3) is 0.351. The maximum atomic E-state index is 13.2. The molecule has 1 unspecified atom stereocenters. The van der Waals surface area contributed by atoms with E-state index in [0.717, 1.165) is 16.0 Å². The standard InChI is InChI=1S/C37H43N3O6/c1-35(2,3)27-15-13-23(14-16-27)24-11-10-12-26(21-24)30(41)32(42)39-28-17-18-29-25(22-28)19-20-38-31(29)40(33(43)45-36(4,5)6)34(44)46-37(7,8)9/h10-22,30,41H,1-9H3,(H,39,42). The zero-order valence-corrected chi connectivity index (χ0v) is 28.0. The number of ether oxygens (including phenoxy) is 2. The third-order valence-corrected chi connectivity index (χ3v) is 6.91. The summed E-state index contributed by atoms with van der Waals surface area (Å²) in [6.45, 7) is 16.6. The van der Waals surface area contributed by atoms with E-state index in [0.29, 0.717) is 22.0 Å². The number of aliphatic hydroxyl groups is 1. The maximum absolute atomic E-state index is 13.2. The van der Waals surface area contributed by atoms with Crippen LogP contribution in [-0.2, 0) is 19.7 Å². The summed E-state index contributed by atoms with van der Waals surface area (Å²) < 4.78 is 11.0. The van der Waals surface area contributed by atoms with E-state index in [1.807, 2.05) is 24.3 Å². The first-order valence-corrected chi connectivity index (χ1v) is 15.2. The smallest absolute Gasteiger partial charge is 0.425 e. The van der Waals surface area contributed by atoms with Gasteiger partial charge in [0.05, 0.1) is 0 Å². The van der Waals surface area contributed by atoms with Crippen molar-refractivity contribution in [3.63, 3.8) is 0 Å². The van der Waals surface area contributed by atoms with Gasteiger partial charge < -0.3 is 19.9 Å². The van der Waals surface area contributed by atoms with Gasteiger partial charge in [0.2, 0.25) is 0 Å². The Labute approximate surface area is 270 Å². The molecule has 0 saturated heterocycles. The van der Waals surface area contributed by atoms with Crippen molar-refractivity contribution in [3.8, 4) is 11.1 Å². The molecular weight excluding hydrogens is 582 g/mol. The van der Waals surface area contributed by atoms with Crippen molar-refractivity contribution >= 4 is 40.4 Å². The predicted octanol–water partition coefficient (Wildman–Crippen LogP) is 8.55. The van der Waals surface area contributed by atoms with E-state index in [2.05, 4.69) is 43.2 Å². The lowest BCUT2D eigenvalue weighted by molar-refractivity contribution is -0.124. The molecule has 1 heterocycles. The fourth-order valence-electron chi connectivity index (χ4n) is 4.69. The van der Waals surface area contributed by atoms with Gasteiger partial charge in [0, 0.05) is 17.3 Å². The summed E-state index contributed by atoms with van der Waals surface area (Å²) in [4.78, 5) is 44.6. The molecule has 46 heavy (non-hydrogen) atoms. The number of pyridine rings is 1. The number of amides is 3. The SMILES string of the molecule is CC(C)(C)OC(=O)N(C(=O)OC(C)(C)C)c1nccc2cc(NC(=O)C(O)c3cccc(-c4ccc(C(C)(C)C)cc4)c3)ccc12. The highest BCUT2D eigenvalue weighted by Gasteiger charge is 2.34. The number of hydrogen-bond acceptors (Lipinski definition) is 7. The molecule has 3 amide bonds. The Hall–Kier alpha value is -4.76. The molecule has 4 aromatic rings. The zero-order valence-electron chi connectivity index (χ0n) is 28.0. The number of fused-ring (bicyclic) bond motifs is 1. The third-order valence-electron chi connectivity index (χ3n) is 6.91. The van der Waals surface area contributed by atoms with Crippen LogP contribution < -0.4 is 10.2 Å². The molecule has 0 aliphatic carbocycles. The van der Waals surface area contributed by atoms with Crippen LogP contribution in [0.1, 0.15) is 79.5 Å². The highest BCUT2D eigenvalue weighted by molar-refractivity contribution is 6.14. The summed E-state index contributed by atoms with van der Waals surface area (Å²) in [5.74, 6) is -0.593. The van der Waals surface area contributed by atoms with Crippen molar-refractivity contribution in [2.45, 2.75) is 85.0 Å². The van der Waals surface area contributed by atoms with Gasteiger partial charge in [-0.05, 0) is 105 Å². The summed E-state index contributed by atoms with van der Waals surface area (Å²) >= 11 is 0. The minimum Gasteiger partial charge on any atom is -0.443 e. The van der Waals surface area contributed by atoms with Crippen LogP contribution in [-0.4, -0.2) is 39.4 Å². The average molecular weight is 626 g/mol.